The van der Waals surface area contributed by atoms with Crippen LogP contribution in [0.3, 0.4) is 0 Å². The number of carbonyl (C=O) groups excluding carboxylic acids is 1. The van der Waals surface area contributed by atoms with Gasteiger partial charge in [-0.15, -0.1) is 6.58 Å². The van der Waals surface area contributed by atoms with Crippen LogP contribution in [0.2, 0.25) is 0 Å². The summed E-state index contributed by atoms with van der Waals surface area (Å²) in [6.07, 6.45) is 5.01. The SMILES string of the molecule is C=CCON1C(=O)N2CC(n3ccc(C(=O)O)n3)=CC1C2. The van der Waals surface area contributed by atoms with E-state index in [9.17, 15) is 9.59 Å². The Morgan fingerprint density at radius 3 is 3.10 bits per heavy atom. The van der Waals surface area contributed by atoms with Crippen molar-refractivity contribution < 1.29 is 19.5 Å². The van der Waals surface area contributed by atoms with Gasteiger partial charge in [0.05, 0.1) is 24.9 Å². The van der Waals surface area contributed by atoms with Gasteiger partial charge in [0.1, 0.15) is 0 Å². The van der Waals surface area contributed by atoms with Crippen LogP contribution < -0.4 is 0 Å². The van der Waals surface area contributed by atoms with E-state index in [0.29, 0.717) is 13.1 Å². The number of carboxylic acid groups (broad SMARTS) is 1. The van der Waals surface area contributed by atoms with Crippen molar-refractivity contribution in [3.05, 3.63) is 36.7 Å². The molecule has 2 aliphatic rings. The fraction of sp³-hybridized carbons (Fsp3) is 0.308. The van der Waals surface area contributed by atoms with Crippen LogP contribution >= 0.6 is 0 Å². The van der Waals surface area contributed by atoms with Crippen molar-refractivity contribution in [1.29, 1.82) is 0 Å². The Kier molecular flexibility index (Phi) is 3.22. The number of fused-ring (bicyclic) bond motifs is 2. The lowest BCUT2D eigenvalue weighted by Crippen LogP contribution is -2.33. The van der Waals surface area contributed by atoms with Crippen LogP contribution in [0, 0.1) is 0 Å². The van der Waals surface area contributed by atoms with E-state index < -0.39 is 5.97 Å². The zero-order chi connectivity index (χ0) is 15.0. The predicted octanol–water partition coefficient (Wildman–Crippen LogP) is 0.660. The third-order valence-corrected chi connectivity index (χ3v) is 3.34. The largest absolute Gasteiger partial charge is 0.476 e. The third kappa shape index (κ3) is 2.29. The van der Waals surface area contributed by atoms with Crippen LogP contribution in [0.1, 0.15) is 10.5 Å². The Morgan fingerprint density at radius 2 is 2.43 bits per heavy atom. The minimum atomic E-state index is -1.08. The van der Waals surface area contributed by atoms with E-state index in [1.165, 1.54) is 15.8 Å². The Morgan fingerprint density at radius 1 is 1.62 bits per heavy atom. The summed E-state index contributed by atoms with van der Waals surface area (Å²) in [6, 6.07) is 1.00. The minimum Gasteiger partial charge on any atom is -0.476 e. The van der Waals surface area contributed by atoms with Gasteiger partial charge in [0.15, 0.2) is 5.69 Å². The fourth-order valence-electron chi connectivity index (χ4n) is 2.41. The number of aromatic carboxylic acids is 1. The summed E-state index contributed by atoms with van der Waals surface area (Å²) < 4.78 is 1.48. The number of carbonyl (C=O) groups is 2. The molecular formula is C13H14N4O4. The predicted molar refractivity (Wildman–Crippen MR) is 72.2 cm³/mol. The van der Waals surface area contributed by atoms with Crippen LogP contribution in [-0.2, 0) is 4.84 Å². The molecule has 1 aromatic heterocycles. The van der Waals surface area contributed by atoms with Crippen molar-refractivity contribution in [2.24, 2.45) is 0 Å². The van der Waals surface area contributed by atoms with Gasteiger partial charge >= 0.3 is 12.0 Å². The number of nitrogens with zero attached hydrogens (tertiary/aromatic N) is 4. The normalized spacial score (nSPS) is 20.7. The first-order valence-corrected chi connectivity index (χ1v) is 6.42. The van der Waals surface area contributed by atoms with E-state index in [-0.39, 0.29) is 24.4 Å². The zero-order valence-corrected chi connectivity index (χ0v) is 11.2. The Bertz CT molecular complexity index is 636. The quantitative estimate of drug-likeness (QED) is 0.805. The smallest absolute Gasteiger partial charge is 0.356 e. The van der Waals surface area contributed by atoms with Crippen LogP contribution in [0.5, 0.6) is 0 Å². The highest BCUT2D eigenvalue weighted by Gasteiger charge is 2.41. The number of aromatic nitrogens is 2. The molecule has 1 atom stereocenters. The Labute approximate surface area is 120 Å². The van der Waals surface area contributed by atoms with E-state index in [4.69, 9.17) is 9.94 Å². The molecule has 8 nitrogen and oxygen atoms in total. The molecule has 2 amide bonds. The molecule has 8 heteroatoms. The van der Waals surface area contributed by atoms with Crippen molar-refractivity contribution in [2.45, 2.75) is 6.04 Å². The second kappa shape index (κ2) is 5.06. The highest BCUT2D eigenvalue weighted by Crippen LogP contribution is 2.26. The number of carboxylic acids is 1. The van der Waals surface area contributed by atoms with E-state index in [1.54, 1.807) is 17.2 Å². The van der Waals surface area contributed by atoms with E-state index in [1.807, 2.05) is 6.08 Å². The van der Waals surface area contributed by atoms with Crippen LogP contribution in [0.15, 0.2) is 31.0 Å². The van der Waals surface area contributed by atoms with Crippen LogP contribution in [-0.4, -0.2) is 62.6 Å². The third-order valence-electron chi connectivity index (χ3n) is 3.34. The minimum absolute atomic E-state index is 0.0325. The molecule has 1 N–H and O–H groups in total. The molecule has 0 saturated carbocycles. The van der Waals surface area contributed by atoms with Gasteiger partial charge in [0.2, 0.25) is 0 Å². The number of rotatable bonds is 5. The van der Waals surface area contributed by atoms with E-state index >= 15 is 0 Å². The highest BCUT2D eigenvalue weighted by molar-refractivity contribution is 5.85. The maximum atomic E-state index is 12.1. The van der Waals surface area contributed by atoms with Gasteiger partial charge < -0.3 is 10.0 Å². The number of hydrogen-bond acceptors (Lipinski definition) is 4. The molecule has 1 fully saturated rings. The molecular weight excluding hydrogens is 276 g/mol. The van der Waals surface area contributed by atoms with Crippen molar-refractivity contribution in [3.63, 3.8) is 0 Å². The summed E-state index contributed by atoms with van der Waals surface area (Å²) in [4.78, 5) is 30.0. The first-order valence-electron chi connectivity index (χ1n) is 6.42. The summed E-state index contributed by atoms with van der Waals surface area (Å²) in [5.74, 6) is -1.08. The average Bonchev–Trinajstić information content (AvgIpc) is 3.03. The van der Waals surface area contributed by atoms with E-state index in [0.717, 1.165) is 5.70 Å². The Hall–Kier alpha value is -2.61. The first kappa shape index (κ1) is 13.4. The zero-order valence-electron chi connectivity index (χ0n) is 11.2. The number of hydrogen-bond donors (Lipinski definition) is 1. The highest BCUT2D eigenvalue weighted by atomic mass is 16.7. The molecule has 2 aliphatic heterocycles. The molecule has 2 bridgehead atoms. The molecule has 3 rings (SSSR count). The molecule has 0 aromatic carbocycles. The second-order valence-corrected chi connectivity index (χ2v) is 4.75. The van der Waals surface area contributed by atoms with Crippen LogP contribution in [0.4, 0.5) is 4.79 Å². The van der Waals surface area contributed by atoms with Crippen molar-refractivity contribution in [3.8, 4) is 0 Å². The molecule has 21 heavy (non-hydrogen) atoms. The molecule has 1 saturated heterocycles. The van der Waals surface area contributed by atoms with Gasteiger partial charge in [-0.25, -0.2) is 14.3 Å². The van der Waals surface area contributed by atoms with Crippen molar-refractivity contribution >= 4 is 17.7 Å². The monoisotopic (exact) mass is 290 g/mol. The lowest BCUT2D eigenvalue weighted by atomic mass is 10.2. The van der Waals surface area contributed by atoms with Crippen LogP contribution in [0.25, 0.3) is 5.70 Å². The van der Waals surface area contributed by atoms with Crippen molar-refractivity contribution in [2.75, 3.05) is 19.7 Å². The molecule has 0 spiro atoms. The van der Waals surface area contributed by atoms with Gasteiger partial charge in [0, 0.05) is 12.7 Å². The topological polar surface area (TPSA) is 87.9 Å². The summed E-state index contributed by atoms with van der Waals surface area (Å²) in [5.41, 5.74) is 0.715. The molecule has 1 aromatic rings. The summed E-state index contributed by atoms with van der Waals surface area (Å²) >= 11 is 0. The summed E-state index contributed by atoms with van der Waals surface area (Å²) in [7, 11) is 0. The molecule has 0 radical (unpaired) electrons. The first-order chi connectivity index (χ1) is 10.1. The second-order valence-electron chi connectivity index (χ2n) is 4.75. The van der Waals surface area contributed by atoms with Gasteiger partial charge in [-0.05, 0) is 12.1 Å². The van der Waals surface area contributed by atoms with Gasteiger partial charge in [-0.3, -0.25) is 4.84 Å². The van der Waals surface area contributed by atoms with Crippen molar-refractivity contribution in [1.82, 2.24) is 19.7 Å². The van der Waals surface area contributed by atoms with E-state index in [2.05, 4.69) is 11.7 Å². The standard InChI is InChI=1S/C13H14N4O4/c1-2-5-21-17-10-6-9(7-15(8-10)13(17)20)16-4-3-11(14-16)12(18)19/h2-4,6,10H,1,5,7-8H2,(H,18,19). The molecule has 110 valence electrons. The average molecular weight is 290 g/mol. The number of urea groups is 1. The summed E-state index contributed by atoms with van der Waals surface area (Å²) in [5, 5.41) is 14.2. The van der Waals surface area contributed by atoms with Gasteiger partial charge in [0.25, 0.3) is 0 Å². The van der Waals surface area contributed by atoms with Gasteiger partial charge in [-0.1, -0.05) is 6.08 Å². The molecule has 3 heterocycles. The molecule has 1 unspecified atom stereocenters. The maximum Gasteiger partial charge on any atom is 0.356 e. The number of amides is 2. The maximum absolute atomic E-state index is 12.1. The number of hydroxylamine groups is 2. The lowest BCUT2D eigenvalue weighted by molar-refractivity contribution is -0.107. The summed E-state index contributed by atoms with van der Waals surface area (Å²) in [6.45, 7) is 4.72. The molecule has 0 aliphatic carbocycles. The fourth-order valence-corrected chi connectivity index (χ4v) is 2.41. The lowest BCUT2D eigenvalue weighted by Gasteiger charge is -2.21. The van der Waals surface area contributed by atoms with Gasteiger partial charge in [-0.2, -0.15) is 10.2 Å². The Balaban J connectivity index is 1.84.